The van der Waals surface area contributed by atoms with E-state index in [0.29, 0.717) is 48.4 Å². The van der Waals surface area contributed by atoms with Gasteiger partial charge in [-0.15, -0.1) is 11.3 Å². The maximum absolute atomic E-state index is 13.0. The second-order valence-electron chi connectivity index (χ2n) is 7.23. The number of rotatable bonds is 5. The van der Waals surface area contributed by atoms with Crippen LogP contribution in [0.1, 0.15) is 34.6 Å². The number of carbonyl (C=O) groups is 2. The molecule has 0 radical (unpaired) electrons. The first-order chi connectivity index (χ1) is 14.5. The van der Waals surface area contributed by atoms with Crippen LogP contribution >= 0.6 is 23.1 Å². The van der Waals surface area contributed by atoms with Gasteiger partial charge < -0.3 is 15.0 Å². The van der Waals surface area contributed by atoms with Crippen LogP contribution in [0.2, 0.25) is 0 Å². The zero-order valence-corrected chi connectivity index (χ0v) is 18.5. The summed E-state index contributed by atoms with van der Waals surface area (Å²) < 4.78 is 7.36. The van der Waals surface area contributed by atoms with Gasteiger partial charge >= 0.3 is 0 Å². The van der Waals surface area contributed by atoms with Gasteiger partial charge in [-0.05, 0) is 30.3 Å². The van der Waals surface area contributed by atoms with E-state index >= 15 is 0 Å². The van der Waals surface area contributed by atoms with E-state index < -0.39 is 0 Å². The van der Waals surface area contributed by atoms with Crippen molar-refractivity contribution in [3.05, 3.63) is 53.6 Å². The van der Waals surface area contributed by atoms with Crippen LogP contribution in [0.25, 0.3) is 10.2 Å². The lowest BCUT2D eigenvalue weighted by Crippen LogP contribution is -2.41. The van der Waals surface area contributed by atoms with Crippen LogP contribution in [-0.2, 0) is 4.74 Å². The molecule has 8 heteroatoms. The Hall–Kier alpha value is -2.42. The number of morpholine rings is 1. The molecule has 1 N–H and O–H groups in total. The number of benzene rings is 2. The molecular formula is C22H23N3O3S2. The van der Waals surface area contributed by atoms with Gasteiger partial charge in [0.05, 0.1) is 34.6 Å². The second-order valence-corrected chi connectivity index (χ2v) is 10.1. The Labute approximate surface area is 183 Å². The number of amides is 2. The predicted octanol–water partition coefficient (Wildman–Crippen LogP) is 4.52. The summed E-state index contributed by atoms with van der Waals surface area (Å²) in [6.45, 7) is 6.38. The van der Waals surface area contributed by atoms with Crippen molar-refractivity contribution in [3.8, 4) is 0 Å². The molecule has 2 heterocycles. The lowest BCUT2D eigenvalue weighted by atomic mass is 10.0. The molecular weight excluding hydrogens is 418 g/mol. The molecule has 0 aliphatic carbocycles. The first kappa shape index (κ1) is 20.8. The summed E-state index contributed by atoms with van der Waals surface area (Å²) in [6.07, 6.45) is 0. The van der Waals surface area contributed by atoms with Gasteiger partial charge in [0.1, 0.15) is 0 Å². The van der Waals surface area contributed by atoms with Crippen molar-refractivity contribution in [1.29, 1.82) is 0 Å². The van der Waals surface area contributed by atoms with E-state index in [4.69, 9.17) is 4.74 Å². The van der Waals surface area contributed by atoms with Gasteiger partial charge in [0.2, 0.25) is 0 Å². The van der Waals surface area contributed by atoms with E-state index in [-0.39, 0.29) is 11.8 Å². The third kappa shape index (κ3) is 4.66. The van der Waals surface area contributed by atoms with Crippen LogP contribution in [0, 0.1) is 0 Å². The molecule has 1 aliphatic heterocycles. The zero-order chi connectivity index (χ0) is 21.1. The molecule has 6 nitrogen and oxygen atoms in total. The van der Waals surface area contributed by atoms with Crippen molar-refractivity contribution in [2.24, 2.45) is 0 Å². The second kappa shape index (κ2) is 9.16. The van der Waals surface area contributed by atoms with E-state index in [1.807, 2.05) is 18.2 Å². The van der Waals surface area contributed by atoms with Gasteiger partial charge in [0.25, 0.3) is 11.8 Å². The first-order valence-corrected chi connectivity index (χ1v) is 11.6. The number of nitrogens with zero attached hydrogens (tertiary/aromatic N) is 2. The monoisotopic (exact) mass is 441 g/mol. The lowest BCUT2D eigenvalue weighted by molar-refractivity contribution is 0.0302. The summed E-state index contributed by atoms with van der Waals surface area (Å²) in [6, 6.07) is 12.6. The van der Waals surface area contributed by atoms with Crippen LogP contribution in [0.4, 0.5) is 5.69 Å². The Kier molecular flexibility index (Phi) is 6.36. The summed E-state index contributed by atoms with van der Waals surface area (Å²) in [5, 5.41) is 3.40. The molecule has 0 atom stereocenters. The Balaban J connectivity index is 1.54. The van der Waals surface area contributed by atoms with Crippen molar-refractivity contribution >= 4 is 50.8 Å². The highest BCUT2D eigenvalue weighted by Crippen LogP contribution is 2.33. The van der Waals surface area contributed by atoms with Gasteiger partial charge in [-0.25, -0.2) is 4.98 Å². The van der Waals surface area contributed by atoms with E-state index in [0.717, 1.165) is 14.6 Å². The fourth-order valence-corrected chi connectivity index (χ4v) is 5.57. The van der Waals surface area contributed by atoms with Gasteiger partial charge in [-0.1, -0.05) is 37.7 Å². The molecule has 3 aromatic rings. The number of aromatic nitrogens is 1. The Morgan fingerprint density at radius 3 is 2.60 bits per heavy atom. The molecule has 0 saturated carbocycles. The van der Waals surface area contributed by atoms with Crippen molar-refractivity contribution < 1.29 is 14.3 Å². The van der Waals surface area contributed by atoms with Gasteiger partial charge in [-0.3, -0.25) is 9.59 Å². The summed E-state index contributed by atoms with van der Waals surface area (Å²) in [5.74, 6) is -0.440. The summed E-state index contributed by atoms with van der Waals surface area (Å²) >= 11 is 3.35. The average Bonchev–Trinajstić information content (AvgIpc) is 3.14. The van der Waals surface area contributed by atoms with Crippen molar-refractivity contribution in [2.45, 2.75) is 23.4 Å². The highest BCUT2D eigenvalue weighted by molar-refractivity contribution is 8.01. The Bertz CT molecular complexity index is 1070. The van der Waals surface area contributed by atoms with E-state index in [9.17, 15) is 9.59 Å². The topological polar surface area (TPSA) is 71.5 Å². The fourth-order valence-electron chi connectivity index (χ4n) is 3.24. The highest BCUT2D eigenvalue weighted by atomic mass is 32.2. The molecule has 0 unspecified atom stereocenters. The summed E-state index contributed by atoms with van der Waals surface area (Å²) in [4.78, 5) is 32.3. The van der Waals surface area contributed by atoms with Crippen LogP contribution in [0.15, 0.2) is 46.8 Å². The van der Waals surface area contributed by atoms with Crippen LogP contribution in [-0.4, -0.2) is 53.3 Å². The molecule has 30 heavy (non-hydrogen) atoms. The predicted molar refractivity (Wildman–Crippen MR) is 122 cm³/mol. The normalized spacial score (nSPS) is 14.3. The molecule has 0 spiro atoms. The largest absolute Gasteiger partial charge is 0.378 e. The summed E-state index contributed by atoms with van der Waals surface area (Å²) in [7, 11) is 0. The lowest BCUT2D eigenvalue weighted by Gasteiger charge is -2.27. The maximum Gasteiger partial charge on any atom is 0.256 e. The minimum Gasteiger partial charge on any atom is -0.378 e. The minimum atomic E-state index is -0.298. The highest BCUT2D eigenvalue weighted by Gasteiger charge is 2.23. The standard InChI is InChI=1S/C22H23N3O3S2/c1-14(2)29-22-24-18-8-7-15(13-19(18)30-22)23-20(26)16-5-3-4-6-17(16)21(27)25-9-11-28-12-10-25/h3-8,13-14H,9-12H2,1-2H3,(H,23,26). The molecule has 1 aromatic heterocycles. The molecule has 0 bridgehead atoms. The average molecular weight is 442 g/mol. The van der Waals surface area contributed by atoms with Crippen LogP contribution in [0.3, 0.4) is 0 Å². The SMILES string of the molecule is CC(C)Sc1nc2ccc(NC(=O)c3ccccc3C(=O)N3CCOCC3)cc2s1. The van der Waals surface area contributed by atoms with Gasteiger partial charge in [0, 0.05) is 24.0 Å². The zero-order valence-electron chi connectivity index (χ0n) is 16.9. The van der Waals surface area contributed by atoms with E-state index in [1.54, 1.807) is 52.3 Å². The number of thioether (sulfide) groups is 1. The molecule has 1 saturated heterocycles. The van der Waals surface area contributed by atoms with E-state index in [2.05, 4.69) is 24.1 Å². The third-order valence-corrected chi connectivity index (χ3v) is 6.78. The number of fused-ring (bicyclic) bond motifs is 1. The fraction of sp³-hybridized carbons (Fsp3) is 0.318. The molecule has 1 fully saturated rings. The van der Waals surface area contributed by atoms with Crippen molar-refractivity contribution in [1.82, 2.24) is 9.88 Å². The number of thiazole rings is 1. The number of anilines is 1. The first-order valence-electron chi connectivity index (χ1n) is 9.86. The molecule has 4 rings (SSSR count). The minimum absolute atomic E-state index is 0.141. The molecule has 2 amide bonds. The number of ether oxygens (including phenoxy) is 1. The molecule has 156 valence electrons. The Morgan fingerprint density at radius 1 is 1.13 bits per heavy atom. The summed E-state index contributed by atoms with van der Waals surface area (Å²) in [5.41, 5.74) is 2.38. The quantitative estimate of drug-likeness (QED) is 0.590. The van der Waals surface area contributed by atoms with Crippen molar-refractivity contribution in [2.75, 3.05) is 31.6 Å². The van der Waals surface area contributed by atoms with Gasteiger partial charge in [0.15, 0.2) is 4.34 Å². The Morgan fingerprint density at radius 2 is 1.87 bits per heavy atom. The number of nitrogens with one attached hydrogen (secondary N) is 1. The molecule has 2 aromatic carbocycles. The molecule has 1 aliphatic rings. The number of hydrogen-bond donors (Lipinski definition) is 1. The number of carbonyl (C=O) groups excluding carboxylic acids is 2. The smallest absolute Gasteiger partial charge is 0.256 e. The number of hydrogen-bond acceptors (Lipinski definition) is 6. The van der Waals surface area contributed by atoms with Gasteiger partial charge in [-0.2, -0.15) is 0 Å². The van der Waals surface area contributed by atoms with Crippen LogP contribution in [0.5, 0.6) is 0 Å². The van der Waals surface area contributed by atoms with Crippen LogP contribution < -0.4 is 5.32 Å². The van der Waals surface area contributed by atoms with Crippen molar-refractivity contribution in [3.63, 3.8) is 0 Å². The third-order valence-electron chi connectivity index (χ3n) is 4.66. The maximum atomic E-state index is 13.0. The van der Waals surface area contributed by atoms with E-state index in [1.165, 1.54) is 0 Å².